The molecule has 114 valence electrons. The van der Waals surface area contributed by atoms with Crippen molar-refractivity contribution in [2.75, 3.05) is 11.9 Å². The monoisotopic (exact) mass is 290 g/mol. The van der Waals surface area contributed by atoms with E-state index in [0.29, 0.717) is 11.7 Å². The van der Waals surface area contributed by atoms with Crippen LogP contribution < -0.4 is 5.32 Å². The van der Waals surface area contributed by atoms with Crippen LogP contribution in [-0.2, 0) is 11.2 Å². The number of rotatable bonds is 4. The molecule has 1 fully saturated rings. The SMILES string of the molecule is CCC1CCCCN1C(=O)Nc1ccc(CC(=O)O)cc1. The Morgan fingerprint density at radius 1 is 1.29 bits per heavy atom. The molecular weight excluding hydrogens is 268 g/mol. The third-order valence-electron chi connectivity index (χ3n) is 3.92. The average Bonchev–Trinajstić information content (AvgIpc) is 2.48. The van der Waals surface area contributed by atoms with Crippen LogP contribution >= 0.6 is 0 Å². The summed E-state index contributed by atoms with van der Waals surface area (Å²) in [5.41, 5.74) is 1.43. The molecule has 1 heterocycles. The number of urea groups is 1. The summed E-state index contributed by atoms with van der Waals surface area (Å²) >= 11 is 0. The number of hydrogen-bond acceptors (Lipinski definition) is 2. The van der Waals surface area contributed by atoms with E-state index < -0.39 is 5.97 Å². The highest BCUT2D eigenvalue weighted by molar-refractivity contribution is 5.89. The molecule has 5 nitrogen and oxygen atoms in total. The molecule has 0 aromatic heterocycles. The number of carboxylic acids is 1. The molecule has 2 N–H and O–H groups in total. The Balaban J connectivity index is 1.96. The topological polar surface area (TPSA) is 69.6 Å². The fraction of sp³-hybridized carbons (Fsp3) is 0.500. The quantitative estimate of drug-likeness (QED) is 0.895. The lowest BCUT2D eigenvalue weighted by atomic mass is 10.0. The summed E-state index contributed by atoms with van der Waals surface area (Å²) in [6.07, 6.45) is 4.29. The minimum Gasteiger partial charge on any atom is -0.481 e. The summed E-state index contributed by atoms with van der Waals surface area (Å²) in [6.45, 7) is 2.92. The predicted molar refractivity (Wildman–Crippen MR) is 81.4 cm³/mol. The first kappa shape index (κ1) is 15.4. The lowest BCUT2D eigenvalue weighted by Crippen LogP contribution is -2.45. The van der Waals surface area contributed by atoms with Crippen molar-refractivity contribution in [1.82, 2.24) is 4.90 Å². The fourth-order valence-corrected chi connectivity index (χ4v) is 2.77. The molecule has 0 spiro atoms. The van der Waals surface area contributed by atoms with Gasteiger partial charge >= 0.3 is 12.0 Å². The maximum atomic E-state index is 12.3. The van der Waals surface area contributed by atoms with E-state index in [1.54, 1.807) is 24.3 Å². The minimum absolute atomic E-state index is 0.00173. The van der Waals surface area contributed by atoms with Crippen molar-refractivity contribution in [2.24, 2.45) is 0 Å². The Hall–Kier alpha value is -2.04. The lowest BCUT2D eigenvalue weighted by molar-refractivity contribution is -0.136. The van der Waals surface area contributed by atoms with Crippen molar-refractivity contribution in [3.8, 4) is 0 Å². The molecule has 0 bridgehead atoms. The number of piperidine rings is 1. The van der Waals surface area contributed by atoms with Gasteiger partial charge in [0.05, 0.1) is 6.42 Å². The van der Waals surface area contributed by atoms with Crippen LogP contribution in [0.1, 0.15) is 38.2 Å². The second kappa shape index (κ2) is 7.11. The molecule has 2 amide bonds. The zero-order valence-corrected chi connectivity index (χ0v) is 12.3. The highest BCUT2D eigenvalue weighted by Gasteiger charge is 2.25. The van der Waals surface area contributed by atoms with Crippen LogP contribution in [0, 0.1) is 0 Å². The van der Waals surface area contributed by atoms with Crippen molar-refractivity contribution in [3.63, 3.8) is 0 Å². The molecule has 1 atom stereocenters. The largest absolute Gasteiger partial charge is 0.481 e. The van der Waals surface area contributed by atoms with Gasteiger partial charge in [0.2, 0.25) is 0 Å². The number of aliphatic carboxylic acids is 1. The first-order valence-electron chi connectivity index (χ1n) is 7.48. The lowest BCUT2D eigenvalue weighted by Gasteiger charge is -2.35. The van der Waals surface area contributed by atoms with Crippen molar-refractivity contribution in [2.45, 2.75) is 45.1 Å². The predicted octanol–water partition coefficient (Wildman–Crippen LogP) is 3.11. The summed E-state index contributed by atoms with van der Waals surface area (Å²) in [6, 6.07) is 7.23. The Morgan fingerprint density at radius 3 is 2.62 bits per heavy atom. The van der Waals surface area contributed by atoms with E-state index in [1.807, 2.05) is 4.90 Å². The van der Waals surface area contributed by atoms with E-state index >= 15 is 0 Å². The van der Waals surface area contributed by atoms with Crippen LogP contribution in [0.4, 0.5) is 10.5 Å². The molecule has 1 saturated heterocycles. The number of nitrogens with one attached hydrogen (secondary N) is 1. The molecule has 1 unspecified atom stereocenters. The van der Waals surface area contributed by atoms with Crippen LogP contribution in [0.15, 0.2) is 24.3 Å². The van der Waals surface area contributed by atoms with Crippen LogP contribution in [0.2, 0.25) is 0 Å². The first-order chi connectivity index (χ1) is 10.1. The maximum Gasteiger partial charge on any atom is 0.322 e. The van der Waals surface area contributed by atoms with E-state index in [0.717, 1.165) is 31.4 Å². The second-order valence-electron chi connectivity index (χ2n) is 5.45. The van der Waals surface area contributed by atoms with Gasteiger partial charge in [0, 0.05) is 18.3 Å². The third-order valence-corrected chi connectivity index (χ3v) is 3.92. The van der Waals surface area contributed by atoms with E-state index in [4.69, 9.17) is 5.11 Å². The average molecular weight is 290 g/mol. The first-order valence-corrected chi connectivity index (χ1v) is 7.48. The number of carbonyl (C=O) groups is 2. The third kappa shape index (κ3) is 4.21. The molecule has 0 radical (unpaired) electrons. The molecule has 1 aliphatic heterocycles. The van der Waals surface area contributed by atoms with Crippen LogP contribution in [0.3, 0.4) is 0 Å². The van der Waals surface area contributed by atoms with Gasteiger partial charge in [0.25, 0.3) is 0 Å². The van der Waals surface area contributed by atoms with Gasteiger partial charge in [0.1, 0.15) is 0 Å². The zero-order valence-electron chi connectivity index (χ0n) is 12.3. The van der Waals surface area contributed by atoms with Gasteiger partial charge in [-0.05, 0) is 43.4 Å². The van der Waals surface area contributed by atoms with Gasteiger partial charge in [-0.3, -0.25) is 4.79 Å². The Bertz CT molecular complexity index is 499. The summed E-state index contributed by atoms with van der Waals surface area (Å²) in [4.78, 5) is 24.9. The standard InChI is InChI=1S/C16H22N2O3/c1-2-14-5-3-4-10-18(14)16(21)17-13-8-6-12(7-9-13)11-15(19)20/h6-9,14H,2-5,10-11H2,1H3,(H,17,21)(H,19,20). The highest BCUT2D eigenvalue weighted by atomic mass is 16.4. The summed E-state index contributed by atoms with van der Waals surface area (Å²) in [5, 5.41) is 11.6. The van der Waals surface area contributed by atoms with Gasteiger partial charge in [-0.25, -0.2) is 4.79 Å². The number of likely N-dealkylation sites (tertiary alicyclic amines) is 1. The van der Waals surface area contributed by atoms with Crippen LogP contribution in [0.25, 0.3) is 0 Å². The van der Waals surface area contributed by atoms with E-state index in [9.17, 15) is 9.59 Å². The van der Waals surface area contributed by atoms with Crippen LogP contribution in [0.5, 0.6) is 0 Å². The Kier molecular flexibility index (Phi) is 5.20. The molecule has 2 rings (SSSR count). The minimum atomic E-state index is -0.856. The van der Waals surface area contributed by atoms with Gasteiger partial charge in [0.15, 0.2) is 0 Å². The van der Waals surface area contributed by atoms with Gasteiger partial charge in [-0.1, -0.05) is 19.1 Å². The molecule has 0 saturated carbocycles. The summed E-state index contributed by atoms with van der Waals surface area (Å²) in [7, 11) is 0. The molecule has 1 aromatic carbocycles. The molecular formula is C16H22N2O3. The number of carbonyl (C=O) groups excluding carboxylic acids is 1. The number of amides is 2. The molecule has 0 aliphatic carbocycles. The van der Waals surface area contributed by atoms with Gasteiger partial charge in [-0.15, -0.1) is 0 Å². The van der Waals surface area contributed by atoms with Crippen LogP contribution in [-0.4, -0.2) is 34.6 Å². The zero-order chi connectivity index (χ0) is 15.2. The van der Waals surface area contributed by atoms with Crippen molar-refractivity contribution >= 4 is 17.7 Å². The number of anilines is 1. The van der Waals surface area contributed by atoms with E-state index in [1.165, 1.54) is 6.42 Å². The molecule has 1 aromatic rings. The number of hydrogen-bond donors (Lipinski definition) is 2. The molecule has 1 aliphatic rings. The van der Waals surface area contributed by atoms with Crippen molar-refractivity contribution in [1.29, 1.82) is 0 Å². The smallest absolute Gasteiger partial charge is 0.322 e. The molecule has 21 heavy (non-hydrogen) atoms. The van der Waals surface area contributed by atoms with Gasteiger partial charge in [-0.2, -0.15) is 0 Å². The summed E-state index contributed by atoms with van der Waals surface area (Å²) in [5.74, 6) is -0.856. The van der Waals surface area contributed by atoms with E-state index in [-0.39, 0.29) is 12.5 Å². The van der Waals surface area contributed by atoms with E-state index in [2.05, 4.69) is 12.2 Å². The second-order valence-corrected chi connectivity index (χ2v) is 5.45. The Labute approximate surface area is 125 Å². The Morgan fingerprint density at radius 2 is 2.00 bits per heavy atom. The molecule has 5 heteroatoms. The normalized spacial score (nSPS) is 18.3. The van der Waals surface area contributed by atoms with Gasteiger partial charge < -0.3 is 15.3 Å². The number of carboxylic acid groups (broad SMARTS) is 1. The summed E-state index contributed by atoms with van der Waals surface area (Å²) < 4.78 is 0. The maximum absolute atomic E-state index is 12.3. The van der Waals surface area contributed by atoms with Crippen molar-refractivity contribution < 1.29 is 14.7 Å². The highest BCUT2D eigenvalue weighted by Crippen LogP contribution is 2.21. The van der Waals surface area contributed by atoms with Crippen molar-refractivity contribution in [3.05, 3.63) is 29.8 Å². The number of benzene rings is 1. The fourth-order valence-electron chi connectivity index (χ4n) is 2.77. The number of nitrogens with zero attached hydrogens (tertiary/aromatic N) is 1.